The van der Waals surface area contributed by atoms with Crippen molar-refractivity contribution < 1.29 is 9.59 Å². The predicted octanol–water partition coefficient (Wildman–Crippen LogP) is 3.75. The third-order valence-electron chi connectivity index (χ3n) is 3.02. The van der Waals surface area contributed by atoms with Gasteiger partial charge >= 0.3 is 0 Å². The lowest BCUT2D eigenvalue weighted by atomic mass is 10.1. The van der Waals surface area contributed by atoms with Crippen molar-refractivity contribution in [1.29, 1.82) is 0 Å². The van der Waals surface area contributed by atoms with Gasteiger partial charge in [-0.05, 0) is 31.2 Å². The van der Waals surface area contributed by atoms with E-state index in [9.17, 15) is 9.59 Å². The van der Waals surface area contributed by atoms with E-state index < -0.39 is 0 Å². The van der Waals surface area contributed by atoms with Crippen molar-refractivity contribution in [2.24, 2.45) is 0 Å². The van der Waals surface area contributed by atoms with Crippen molar-refractivity contribution in [2.45, 2.75) is 6.92 Å². The van der Waals surface area contributed by atoms with E-state index in [1.807, 2.05) is 24.3 Å². The molecular formula is C16H12N2O2S. The molecule has 1 amide bonds. The van der Waals surface area contributed by atoms with Crippen LogP contribution in [0.1, 0.15) is 27.1 Å². The minimum atomic E-state index is -0.267. The fourth-order valence-electron chi connectivity index (χ4n) is 1.97. The van der Waals surface area contributed by atoms with Crippen LogP contribution in [0.5, 0.6) is 0 Å². The Labute approximate surface area is 125 Å². The zero-order valence-corrected chi connectivity index (χ0v) is 12.1. The van der Waals surface area contributed by atoms with Gasteiger partial charge in [-0.3, -0.25) is 9.59 Å². The first kappa shape index (κ1) is 13.5. The Balaban J connectivity index is 1.85. The Bertz CT molecular complexity index is 806. The first-order valence-corrected chi connectivity index (χ1v) is 7.23. The summed E-state index contributed by atoms with van der Waals surface area (Å²) in [4.78, 5) is 27.9. The monoisotopic (exact) mass is 296 g/mol. The number of nitrogens with zero attached hydrogens (tertiary/aromatic N) is 1. The largest absolute Gasteiger partial charge is 0.320 e. The molecule has 21 heavy (non-hydrogen) atoms. The van der Waals surface area contributed by atoms with Crippen LogP contribution in [0.3, 0.4) is 0 Å². The third kappa shape index (κ3) is 2.83. The van der Waals surface area contributed by atoms with Crippen molar-refractivity contribution in [3.05, 3.63) is 59.1 Å². The summed E-state index contributed by atoms with van der Waals surface area (Å²) in [7, 11) is 0. The second-order valence-corrected chi connectivity index (χ2v) is 5.61. The third-order valence-corrected chi connectivity index (χ3v) is 4.05. The number of fused-ring (bicyclic) bond motifs is 1. The van der Waals surface area contributed by atoms with Gasteiger partial charge in [-0.25, -0.2) is 4.98 Å². The Hall–Kier alpha value is -2.53. The van der Waals surface area contributed by atoms with Crippen LogP contribution in [0, 0.1) is 0 Å². The molecule has 5 heteroatoms. The summed E-state index contributed by atoms with van der Waals surface area (Å²) in [5.74, 6) is -0.303. The van der Waals surface area contributed by atoms with Crippen LogP contribution < -0.4 is 5.32 Å². The van der Waals surface area contributed by atoms with Crippen LogP contribution in [0.25, 0.3) is 10.2 Å². The molecule has 1 heterocycles. The van der Waals surface area contributed by atoms with E-state index in [0.717, 1.165) is 10.2 Å². The molecule has 0 unspecified atom stereocenters. The molecule has 0 bridgehead atoms. The number of carbonyl (C=O) groups is 2. The van der Waals surface area contributed by atoms with E-state index >= 15 is 0 Å². The second-order valence-electron chi connectivity index (χ2n) is 4.58. The summed E-state index contributed by atoms with van der Waals surface area (Å²) in [5, 5.41) is 3.18. The van der Waals surface area contributed by atoms with Crippen LogP contribution >= 0.6 is 11.3 Å². The molecule has 0 saturated heterocycles. The smallest absolute Gasteiger partial charge is 0.284 e. The van der Waals surface area contributed by atoms with Crippen molar-refractivity contribution in [3.63, 3.8) is 0 Å². The lowest BCUT2D eigenvalue weighted by Crippen LogP contribution is -2.11. The highest BCUT2D eigenvalue weighted by Crippen LogP contribution is 2.22. The molecule has 2 aromatic carbocycles. The lowest BCUT2D eigenvalue weighted by molar-refractivity contribution is 0.101. The fourth-order valence-corrected chi connectivity index (χ4v) is 2.83. The number of rotatable bonds is 3. The van der Waals surface area contributed by atoms with Crippen LogP contribution in [-0.4, -0.2) is 16.7 Å². The molecule has 3 aromatic rings. The summed E-state index contributed by atoms with van der Waals surface area (Å²) >= 11 is 1.35. The van der Waals surface area contributed by atoms with Gasteiger partial charge in [0.25, 0.3) is 5.91 Å². The number of hydrogen-bond acceptors (Lipinski definition) is 4. The summed E-state index contributed by atoms with van der Waals surface area (Å²) in [5.41, 5.74) is 1.97. The molecule has 1 aromatic heterocycles. The van der Waals surface area contributed by atoms with E-state index in [2.05, 4.69) is 10.3 Å². The molecule has 0 atom stereocenters. The Morgan fingerprint density at radius 3 is 2.67 bits per heavy atom. The summed E-state index contributed by atoms with van der Waals surface area (Å²) in [6.45, 7) is 1.49. The number of ketones is 1. The molecule has 1 N–H and O–H groups in total. The summed E-state index contributed by atoms with van der Waals surface area (Å²) < 4.78 is 0.972. The van der Waals surface area contributed by atoms with Crippen LogP contribution in [0.15, 0.2) is 48.5 Å². The number of aromatic nitrogens is 1. The zero-order valence-electron chi connectivity index (χ0n) is 11.3. The van der Waals surface area contributed by atoms with Gasteiger partial charge in [0.1, 0.15) is 0 Å². The number of Topliss-reactive ketones (excluding diaryl/α,β-unsaturated/α-hetero) is 1. The summed E-state index contributed by atoms with van der Waals surface area (Å²) in [6, 6.07) is 14.5. The SMILES string of the molecule is CC(=O)c1cccc(NC(=O)c2nc3ccccc3s2)c1. The van der Waals surface area contributed by atoms with E-state index in [-0.39, 0.29) is 11.7 Å². The normalized spacial score (nSPS) is 10.5. The number of amides is 1. The maximum absolute atomic E-state index is 12.2. The number of hydrogen-bond donors (Lipinski definition) is 1. The van der Waals surface area contributed by atoms with E-state index in [0.29, 0.717) is 16.3 Å². The number of thiazole rings is 1. The quantitative estimate of drug-likeness (QED) is 0.749. The highest BCUT2D eigenvalue weighted by atomic mass is 32.1. The van der Waals surface area contributed by atoms with Crippen LogP contribution in [0.2, 0.25) is 0 Å². The Kier molecular flexibility index (Phi) is 3.50. The molecule has 4 nitrogen and oxygen atoms in total. The second kappa shape index (κ2) is 5.46. The van der Waals surface area contributed by atoms with Gasteiger partial charge in [-0.2, -0.15) is 0 Å². The van der Waals surface area contributed by atoms with E-state index in [1.54, 1.807) is 24.3 Å². The van der Waals surface area contributed by atoms with Gasteiger partial charge in [0, 0.05) is 11.3 Å². The van der Waals surface area contributed by atoms with Crippen molar-refractivity contribution in [3.8, 4) is 0 Å². The average molecular weight is 296 g/mol. The van der Waals surface area contributed by atoms with Crippen molar-refractivity contribution in [1.82, 2.24) is 4.98 Å². The van der Waals surface area contributed by atoms with Gasteiger partial charge in [-0.15, -0.1) is 11.3 Å². The Morgan fingerprint density at radius 2 is 1.90 bits per heavy atom. The van der Waals surface area contributed by atoms with Gasteiger partial charge in [0.05, 0.1) is 10.2 Å². The number of benzene rings is 2. The zero-order chi connectivity index (χ0) is 14.8. The molecular weight excluding hydrogens is 284 g/mol. The first-order chi connectivity index (χ1) is 10.1. The lowest BCUT2D eigenvalue weighted by Gasteiger charge is -2.04. The summed E-state index contributed by atoms with van der Waals surface area (Å²) in [6.07, 6.45) is 0. The average Bonchev–Trinajstić information content (AvgIpc) is 2.91. The highest BCUT2D eigenvalue weighted by Gasteiger charge is 2.12. The van der Waals surface area contributed by atoms with Crippen molar-refractivity contribution >= 4 is 38.9 Å². The molecule has 0 spiro atoms. The topological polar surface area (TPSA) is 59.1 Å². The standard InChI is InChI=1S/C16H12N2O2S/c1-10(19)11-5-4-6-12(9-11)17-15(20)16-18-13-7-2-3-8-14(13)21-16/h2-9H,1H3,(H,17,20). The first-order valence-electron chi connectivity index (χ1n) is 6.41. The van der Waals surface area contributed by atoms with Crippen LogP contribution in [-0.2, 0) is 0 Å². The van der Waals surface area contributed by atoms with E-state index in [4.69, 9.17) is 0 Å². The fraction of sp³-hybridized carbons (Fsp3) is 0.0625. The van der Waals surface area contributed by atoms with E-state index in [1.165, 1.54) is 18.3 Å². The molecule has 3 rings (SSSR count). The minimum Gasteiger partial charge on any atom is -0.320 e. The number of anilines is 1. The van der Waals surface area contributed by atoms with Gasteiger partial charge in [0.15, 0.2) is 10.8 Å². The van der Waals surface area contributed by atoms with Gasteiger partial charge in [0.2, 0.25) is 0 Å². The minimum absolute atomic E-state index is 0.0360. The molecule has 104 valence electrons. The van der Waals surface area contributed by atoms with Crippen molar-refractivity contribution in [2.75, 3.05) is 5.32 Å². The molecule has 0 radical (unpaired) electrons. The molecule has 0 aliphatic rings. The maximum Gasteiger partial charge on any atom is 0.284 e. The molecule has 0 saturated carbocycles. The Morgan fingerprint density at radius 1 is 1.10 bits per heavy atom. The highest BCUT2D eigenvalue weighted by molar-refractivity contribution is 7.20. The number of para-hydroxylation sites is 1. The predicted molar refractivity (Wildman–Crippen MR) is 84.0 cm³/mol. The maximum atomic E-state index is 12.2. The molecule has 0 aliphatic carbocycles. The number of nitrogens with one attached hydrogen (secondary N) is 1. The molecule has 0 aliphatic heterocycles. The van der Waals surface area contributed by atoms with Crippen LogP contribution in [0.4, 0.5) is 5.69 Å². The van der Waals surface area contributed by atoms with Gasteiger partial charge in [-0.1, -0.05) is 24.3 Å². The molecule has 0 fully saturated rings. The number of carbonyl (C=O) groups excluding carboxylic acids is 2. The van der Waals surface area contributed by atoms with Gasteiger partial charge < -0.3 is 5.32 Å².